The van der Waals surface area contributed by atoms with Crippen molar-refractivity contribution in [3.05, 3.63) is 42.6 Å². The number of hydrogen-bond acceptors (Lipinski definition) is 5. The predicted octanol–water partition coefficient (Wildman–Crippen LogP) is 2.67. The fraction of sp³-hybridized carbons (Fsp3) is 0.143. The van der Waals surface area contributed by atoms with Gasteiger partial charge in [-0.3, -0.25) is 9.12 Å². The van der Waals surface area contributed by atoms with Crippen molar-refractivity contribution in [1.82, 2.24) is 14.6 Å². The lowest BCUT2D eigenvalue weighted by atomic mass is 10.1. The summed E-state index contributed by atoms with van der Waals surface area (Å²) in [6, 6.07) is 8.58. The Labute approximate surface area is 140 Å². The maximum absolute atomic E-state index is 12.2. The first-order chi connectivity index (χ1) is 11.6. The van der Waals surface area contributed by atoms with Crippen LogP contribution in [0.25, 0.3) is 16.8 Å². The molecule has 0 radical (unpaired) electrons. The van der Waals surface area contributed by atoms with Gasteiger partial charge < -0.3 is 4.74 Å². The van der Waals surface area contributed by atoms with E-state index in [1.807, 2.05) is 0 Å². The van der Waals surface area contributed by atoms with Gasteiger partial charge in [0.2, 0.25) is 16.0 Å². The highest BCUT2D eigenvalue weighted by Gasteiger charge is 2.30. The molecule has 1 aromatic carbocycles. The molecule has 0 spiro atoms. The Balaban J connectivity index is 1.94. The van der Waals surface area contributed by atoms with Crippen molar-refractivity contribution in [2.75, 3.05) is 11.0 Å². The van der Waals surface area contributed by atoms with E-state index in [0.29, 0.717) is 16.8 Å². The van der Waals surface area contributed by atoms with Crippen LogP contribution in [0.5, 0.6) is 5.75 Å². The fourth-order valence-electron chi connectivity index (χ4n) is 2.15. The average molecular weight is 372 g/mol. The number of anilines is 1. The van der Waals surface area contributed by atoms with E-state index >= 15 is 0 Å². The molecule has 0 bridgehead atoms. The van der Waals surface area contributed by atoms with Crippen LogP contribution in [0.2, 0.25) is 0 Å². The van der Waals surface area contributed by atoms with Gasteiger partial charge in [-0.1, -0.05) is 12.1 Å². The number of alkyl halides is 3. The van der Waals surface area contributed by atoms with Gasteiger partial charge in [0, 0.05) is 6.20 Å². The molecule has 1 N–H and O–H groups in total. The van der Waals surface area contributed by atoms with Crippen molar-refractivity contribution >= 4 is 21.6 Å². The zero-order valence-electron chi connectivity index (χ0n) is 12.6. The Morgan fingerprint density at radius 3 is 2.28 bits per heavy atom. The van der Waals surface area contributed by atoms with E-state index in [0.717, 1.165) is 6.26 Å². The number of hydrogen-bond donors (Lipinski definition) is 1. The normalized spacial score (nSPS) is 12.3. The largest absolute Gasteiger partial charge is 0.573 e. The first kappa shape index (κ1) is 17.0. The second-order valence-corrected chi connectivity index (χ2v) is 6.86. The minimum atomic E-state index is -4.75. The van der Waals surface area contributed by atoms with E-state index in [4.69, 9.17) is 0 Å². The lowest BCUT2D eigenvalue weighted by molar-refractivity contribution is -0.274. The summed E-state index contributed by atoms with van der Waals surface area (Å²) in [4.78, 5) is 0. The molecule has 0 amide bonds. The molecule has 11 heteroatoms. The summed E-state index contributed by atoms with van der Waals surface area (Å²) in [5.74, 6) is -0.322. The minimum absolute atomic E-state index is 0.0105. The standard InChI is InChI=1S/C14H11F3N4O3S/c1-25(22,23)20-13-19-18-12-7-4-10(8-21(12)13)9-2-5-11(6-3-9)24-14(15,16)17/h2-8H,1H3,(H,19,20). The van der Waals surface area contributed by atoms with Crippen LogP contribution in [0.3, 0.4) is 0 Å². The second kappa shape index (κ2) is 5.92. The van der Waals surface area contributed by atoms with Crippen molar-refractivity contribution in [3.63, 3.8) is 0 Å². The smallest absolute Gasteiger partial charge is 0.406 e. The highest BCUT2D eigenvalue weighted by atomic mass is 32.2. The molecule has 0 aliphatic rings. The summed E-state index contributed by atoms with van der Waals surface area (Å²) in [7, 11) is -3.54. The fourth-order valence-corrected chi connectivity index (χ4v) is 2.62. The molecule has 0 aliphatic heterocycles. The Hall–Kier alpha value is -2.82. The molecule has 0 aliphatic carbocycles. The minimum Gasteiger partial charge on any atom is -0.406 e. The van der Waals surface area contributed by atoms with Crippen molar-refractivity contribution in [1.29, 1.82) is 0 Å². The predicted molar refractivity (Wildman–Crippen MR) is 83.6 cm³/mol. The summed E-state index contributed by atoms with van der Waals surface area (Å²) >= 11 is 0. The maximum Gasteiger partial charge on any atom is 0.573 e. The molecule has 0 saturated heterocycles. The third-order valence-electron chi connectivity index (χ3n) is 3.10. The SMILES string of the molecule is CS(=O)(=O)Nc1nnc2ccc(-c3ccc(OC(F)(F)F)cc3)cn12. The van der Waals surface area contributed by atoms with Crippen LogP contribution >= 0.6 is 0 Å². The number of halogens is 3. The first-order valence-corrected chi connectivity index (χ1v) is 8.69. The Morgan fingerprint density at radius 1 is 1.04 bits per heavy atom. The van der Waals surface area contributed by atoms with E-state index in [1.165, 1.54) is 28.7 Å². The monoisotopic (exact) mass is 372 g/mol. The summed E-state index contributed by atoms with van der Waals surface area (Å²) in [5.41, 5.74) is 1.64. The van der Waals surface area contributed by atoms with Crippen LogP contribution in [0.15, 0.2) is 42.6 Å². The molecular weight excluding hydrogens is 361 g/mol. The van der Waals surface area contributed by atoms with E-state index in [2.05, 4.69) is 19.7 Å². The lowest BCUT2D eigenvalue weighted by Crippen LogP contribution is -2.16. The zero-order valence-corrected chi connectivity index (χ0v) is 13.5. The van der Waals surface area contributed by atoms with Crippen LogP contribution in [0, 0.1) is 0 Å². The summed E-state index contributed by atoms with van der Waals surface area (Å²) in [5, 5.41) is 7.58. The number of nitrogens with zero attached hydrogens (tertiary/aromatic N) is 3. The number of fused-ring (bicyclic) bond motifs is 1. The summed E-state index contributed by atoms with van der Waals surface area (Å²) in [6.07, 6.45) is -2.20. The van der Waals surface area contributed by atoms with Gasteiger partial charge in [0.05, 0.1) is 6.26 Å². The third kappa shape index (κ3) is 4.18. The molecule has 0 fully saturated rings. The molecule has 132 valence electrons. The van der Waals surface area contributed by atoms with Gasteiger partial charge in [0.1, 0.15) is 5.75 Å². The molecule has 0 atom stereocenters. The number of pyridine rings is 1. The molecule has 3 aromatic rings. The van der Waals surface area contributed by atoms with Crippen LogP contribution in [-0.2, 0) is 10.0 Å². The molecule has 2 aromatic heterocycles. The number of sulfonamides is 1. The van der Waals surface area contributed by atoms with Gasteiger partial charge in [-0.25, -0.2) is 8.42 Å². The molecule has 2 heterocycles. The van der Waals surface area contributed by atoms with Crippen LogP contribution in [0.1, 0.15) is 0 Å². The van der Waals surface area contributed by atoms with Gasteiger partial charge in [-0.2, -0.15) is 0 Å². The van der Waals surface area contributed by atoms with Crippen LogP contribution in [-0.4, -0.2) is 35.6 Å². The number of nitrogens with one attached hydrogen (secondary N) is 1. The van der Waals surface area contributed by atoms with Gasteiger partial charge in [-0.05, 0) is 35.4 Å². The zero-order chi connectivity index (χ0) is 18.2. The number of aromatic nitrogens is 3. The highest BCUT2D eigenvalue weighted by molar-refractivity contribution is 7.91. The Bertz CT molecular complexity index is 1010. The molecule has 0 unspecified atom stereocenters. The van der Waals surface area contributed by atoms with E-state index in [-0.39, 0.29) is 11.7 Å². The topological polar surface area (TPSA) is 85.6 Å². The maximum atomic E-state index is 12.2. The van der Waals surface area contributed by atoms with Gasteiger partial charge in [0.25, 0.3) is 0 Å². The van der Waals surface area contributed by atoms with Crippen molar-refractivity contribution < 1.29 is 26.3 Å². The van der Waals surface area contributed by atoms with Crippen LogP contribution in [0.4, 0.5) is 19.1 Å². The third-order valence-corrected chi connectivity index (χ3v) is 3.65. The number of benzene rings is 1. The average Bonchev–Trinajstić information content (AvgIpc) is 2.87. The molecule has 0 saturated carbocycles. The van der Waals surface area contributed by atoms with Crippen LogP contribution < -0.4 is 9.46 Å². The summed E-state index contributed by atoms with van der Waals surface area (Å²) < 4.78 is 66.7. The first-order valence-electron chi connectivity index (χ1n) is 6.79. The Kier molecular flexibility index (Phi) is 4.03. The van der Waals surface area contributed by atoms with Gasteiger partial charge in [-0.15, -0.1) is 23.4 Å². The second-order valence-electron chi connectivity index (χ2n) is 5.12. The van der Waals surface area contributed by atoms with Gasteiger partial charge in [0.15, 0.2) is 5.65 Å². The van der Waals surface area contributed by atoms with E-state index in [1.54, 1.807) is 18.3 Å². The summed E-state index contributed by atoms with van der Waals surface area (Å²) in [6.45, 7) is 0. The highest BCUT2D eigenvalue weighted by Crippen LogP contribution is 2.27. The van der Waals surface area contributed by atoms with E-state index in [9.17, 15) is 21.6 Å². The quantitative estimate of drug-likeness (QED) is 0.761. The lowest BCUT2D eigenvalue weighted by Gasteiger charge is -2.09. The van der Waals surface area contributed by atoms with Gasteiger partial charge >= 0.3 is 6.36 Å². The number of ether oxygens (including phenoxy) is 1. The molecule has 3 rings (SSSR count). The van der Waals surface area contributed by atoms with Crippen molar-refractivity contribution in [2.45, 2.75) is 6.36 Å². The molecule has 7 nitrogen and oxygen atoms in total. The Morgan fingerprint density at radius 2 is 1.68 bits per heavy atom. The van der Waals surface area contributed by atoms with Crippen molar-refractivity contribution in [3.8, 4) is 16.9 Å². The molecule has 25 heavy (non-hydrogen) atoms. The van der Waals surface area contributed by atoms with Crippen molar-refractivity contribution in [2.24, 2.45) is 0 Å². The molecular formula is C14H11F3N4O3S. The van der Waals surface area contributed by atoms with E-state index < -0.39 is 16.4 Å². The number of rotatable bonds is 4.